The lowest BCUT2D eigenvalue weighted by atomic mass is 10.2. The van der Waals surface area contributed by atoms with Crippen LogP contribution in [0.1, 0.15) is 25.6 Å². The van der Waals surface area contributed by atoms with Crippen molar-refractivity contribution in [3.63, 3.8) is 0 Å². The lowest BCUT2D eigenvalue weighted by Gasteiger charge is -2.15. The third-order valence-corrected chi connectivity index (χ3v) is 4.34. The molecule has 0 aliphatic carbocycles. The van der Waals surface area contributed by atoms with E-state index in [1.165, 1.54) is 24.3 Å². The first-order chi connectivity index (χ1) is 16.0. The molecule has 0 atom stereocenters. The Bertz CT molecular complexity index is 1040. The van der Waals surface area contributed by atoms with Crippen LogP contribution in [0, 0.1) is 5.82 Å². The molecule has 10 heteroatoms. The number of aromatic nitrogens is 2. The predicted octanol–water partition coefficient (Wildman–Crippen LogP) is 3.66. The number of carbonyl (C=O) groups is 1. The van der Waals surface area contributed by atoms with Crippen molar-refractivity contribution in [1.82, 2.24) is 15.0 Å². The standard InChI is InChI=1S/C23H27FN4O5/c1-4-30-19-11-8-17(12-20(19)31-5-2)25-22(29)13-28(3)14-23-26-21(27-33-23)15-32-18-9-6-16(24)7-10-18/h6-12H,4-5,13-15H2,1-3H3,(H,25,29). The van der Waals surface area contributed by atoms with Crippen molar-refractivity contribution in [3.05, 3.63) is 60.0 Å². The highest BCUT2D eigenvalue weighted by Gasteiger charge is 2.14. The van der Waals surface area contributed by atoms with Gasteiger partial charge in [0.2, 0.25) is 17.6 Å². The largest absolute Gasteiger partial charge is 0.490 e. The van der Waals surface area contributed by atoms with E-state index in [1.54, 1.807) is 30.1 Å². The molecule has 0 saturated heterocycles. The zero-order chi connectivity index (χ0) is 23.6. The summed E-state index contributed by atoms with van der Waals surface area (Å²) in [6.45, 7) is 5.26. The van der Waals surface area contributed by atoms with Gasteiger partial charge in [-0.1, -0.05) is 5.16 Å². The number of likely N-dealkylation sites (N-methyl/N-ethyl adjacent to an activating group) is 1. The Morgan fingerprint density at radius 2 is 1.79 bits per heavy atom. The van der Waals surface area contributed by atoms with Crippen LogP contribution in [-0.4, -0.2) is 47.8 Å². The molecule has 0 fully saturated rings. The number of benzene rings is 2. The summed E-state index contributed by atoms with van der Waals surface area (Å²) in [5.41, 5.74) is 0.610. The summed E-state index contributed by atoms with van der Waals surface area (Å²) in [6, 6.07) is 10.9. The van der Waals surface area contributed by atoms with Gasteiger partial charge < -0.3 is 24.1 Å². The van der Waals surface area contributed by atoms with Crippen LogP contribution in [0.15, 0.2) is 47.0 Å². The van der Waals surface area contributed by atoms with Crippen molar-refractivity contribution in [2.75, 3.05) is 32.1 Å². The molecule has 3 aromatic rings. The molecule has 0 aliphatic rings. The third-order valence-electron chi connectivity index (χ3n) is 4.34. The monoisotopic (exact) mass is 458 g/mol. The average Bonchev–Trinajstić information content (AvgIpc) is 3.22. The summed E-state index contributed by atoms with van der Waals surface area (Å²) in [5.74, 6) is 1.86. The van der Waals surface area contributed by atoms with Crippen molar-refractivity contribution in [3.8, 4) is 17.2 Å². The summed E-state index contributed by atoms with van der Waals surface area (Å²) in [4.78, 5) is 18.4. The minimum absolute atomic E-state index is 0.0826. The number of rotatable bonds is 12. The fourth-order valence-electron chi connectivity index (χ4n) is 2.95. The van der Waals surface area contributed by atoms with Crippen LogP contribution in [0.5, 0.6) is 17.2 Å². The van der Waals surface area contributed by atoms with Crippen molar-refractivity contribution in [2.24, 2.45) is 0 Å². The highest BCUT2D eigenvalue weighted by atomic mass is 19.1. The number of ether oxygens (including phenoxy) is 3. The Morgan fingerprint density at radius 3 is 2.52 bits per heavy atom. The van der Waals surface area contributed by atoms with Crippen LogP contribution in [0.25, 0.3) is 0 Å². The molecular weight excluding hydrogens is 431 g/mol. The number of hydrogen-bond donors (Lipinski definition) is 1. The summed E-state index contributed by atoms with van der Waals surface area (Å²) in [7, 11) is 1.77. The van der Waals surface area contributed by atoms with Crippen LogP contribution in [0.4, 0.5) is 10.1 Å². The Kier molecular flexibility index (Phi) is 8.59. The van der Waals surface area contributed by atoms with Gasteiger partial charge in [0.25, 0.3) is 0 Å². The molecule has 1 amide bonds. The molecule has 3 rings (SSSR count). The summed E-state index contributed by atoms with van der Waals surface area (Å²) < 4.78 is 34.8. The second-order valence-corrected chi connectivity index (χ2v) is 7.09. The average molecular weight is 458 g/mol. The van der Waals surface area contributed by atoms with E-state index in [2.05, 4.69) is 15.5 Å². The first-order valence-electron chi connectivity index (χ1n) is 10.5. The lowest BCUT2D eigenvalue weighted by molar-refractivity contribution is -0.117. The molecule has 176 valence electrons. The zero-order valence-corrected chi connectivity index (χ0v) is 18.8. The van der Waals surface area contributed by atoms with Crippen LogP contribution in [-0.2, 0) is 17.9 Å². The fourth-order valence-corrected chi connectivity index (χ4v) is 2.95. The molecule has 1 N–H and O–H groups in total. The first-order valence-corrected chi connectivity index (χ1v) is 10.5. The van der Waals surface area contributed by atoms with Crippen LogP contribution in [0.2, 0.25) is 0 Å². The second kappa shape index (κ2) is 11.8. The van der Waals surface area contributed by atoms with Crippen molar-refractivity contribution in [1.29, 1.82) is 0 Å². The van der Waals surface area contributed by atoms with Gasteiger partial charge in [0.05, 0.1) is 26.3 Å². The van der Waals surface area contributed by atoms with E-state index in [9.17, 15) is 9.18 Å². The first kappa shape index (κ1) is 24.0. The van der Waals surface area contributed by atoms with Gasteiger partial charge in [-0.15, -0.1) is 0 Å². The van der Waals surface area contributed by atoms with Gasteiger partial charge in [-0.3, -0.25) is 9.69 Å². The lowest BCUT2D eigenvalue weighted by Crippen LogP contribution is -2.30. The van der Waals surface area contributed by atoms with E-state index < -0.39 is 0 Å². The normalized spacial score (nSPS) is 10.8. The van der Waals surface area contributed by atoms with Crippen molar-refractivity contribution in [2.45, 2.75) is 27.0 Å². The van der Waals surface area contributed by atoms with Crippen molar-refractivity contribution >= 4 is 11.6 Å². The molecule has 1 aromatic heterocycles. The highest BCUT2D eigenvalue weighted by molar-refractivity contribution is 5.92. The molecule has 0 aliphatic heterocycles. The van der Waals surface area contributed by atoms with Gasteiger partial charge in [0.15, 0.2) is 18.1 Å². The summed E-state index contributed by atoms with van der Waals surface area (Å²) in [5, 5.41) is 6.71. The Morgan fingerprint density at radius 1 is 1.06 bits per heavy atom. The predicted molar refractivity (Wildman–Crippen MR) is 119 cm³/mol. The van der Waals surface area contributed by atoms with Gasteiger partial charge >= 0.3 is 0 Å². The SMILES string of the molecule is CCOc1ccc(NC(=O)CN(C)Cc2nc(COc3ccc(F)cc3)no2)cc1OCC. The molecule has 0 radical (unpaired) electrons. The van der Waals surface area contributed by atoms with Gasteiger partial charge in [-0.2, -0.15) is 4.98 Å². The fraction of sp³-hybridized carbons (Fsp3) is 0.348. The number of carbonyl (C=O) groups excluding carboxylic acids is 1. The smallest absolute Gasteiger partial charge is 0.240 e. The molecular formula is C23H27FN4O5. The van der Waals surface area contributed by atoms with E-state index in [4.69, 9.17) is 18.7 Å². The molecule has 2 aromatic carbocycles. The minimum atomic E-state index is -0.339. The Hall–Kier alpha value is -3.66. The number of nitrogens with one attached hydrogen (secondary N) is 1. The molecule has 1 heterocycles. The van der Waals surface area contributed by atoms with Crippen LogP contribution >= 0.6 is 0 Å². The van der Waals surface area contributed by atoms with Gasteiger partial charge in [0, 0.05) is 11.8 Å². The highest BCUT2D eigenvalue weighted by Crippen LogP contribution is 2.30. The van der Waals surface area contributed by atoms with E-state index in [0.29, 0.717) is 47.9 Å². The molecule has 33 heavy (non-hydrogen) atoms. The van der Waals surface area contributed by atoms with Gasteiger partial charge in [-0.25, -0.2) is 4.39 Å². The maximum Gasteiger partial charge on any atom is 0.240 e. The molecule has 9 nitrogen and oxygen atoms in total. The molecule has 0 bridgehead atoms. The van der Waals surface area contributed by atoms with E-state index >= 15 is 0 Å². The molecule has 0 unspecified atom stereocenters. The van der Waals surface area contributed by atoms with Gasteiger partial charge in [0.1, 0.15) is 11.6 Å². The van der Waals surface area contributed by atoms with E-state index in [-0.39, 0.29) is 31.4 Å². The number of amides is 1. The van der Waals surface area contributed by atoms with Crippen LogP contribution < -0.4 is 19.5 Å². The summed E-state index contributed by atoms with van der Waals surface area (Å²) in [6.07, 6.45) is 0. The Balaban J connectivity index is 1.48. The minimum Gasteiger partial charge on any atom is -0.490 e. The van der Waals surface area contributed by atoms with Crippen molar-refractivity contribution < 1.29 is 27.9 Å². The maximum absolute atomic E-state index is 12.9. The number of nitrogens with zero attached hydrogens (tertiary/aromatic N) is 3. The topological polar surface area (TPSA) is 99.0 Å². The third kappa shape index (κ3) is 7.46. The molecule has 0 saturated carbocycles. The zero-order valence-electron chi connectivity index (χ0n) is 18.8. The van der Waals surface area contributed by atoms with E-state index in [1.807, 2.05) is 13.8 Å². The van der Waals surface area contributed by atoms with Gasteiger partial charge in [-0.05, 0) is 57.3 Å². The Labute approximate surface area is 191 Å². The number of hydrogen-bond acceptors (Lipinski definition) is 8. The van der Waals surface area contributed by atoms with Crippen LogP contribution in [0.3, 0.4) is 0 Å². The molecule has 0 spiro atoms. The second-order valence-electron chi connectivity index (χ2n) is 7.09. The number of halogens is 1. The maximum atomic E-state index is 12.9. The van der Waals surface area contributed by atoms with E-state index in [0.717, 1.165) is 0 Å². The summed E-state index contributed by atoms with van der Waals surface area (Å²) >= 11 is 0. The quantitative estimate of drug-likeness (QED) is 0.439. The number of anilines is 1.